The first-order valence-electron chi connectivity index (χ1n) is 7.28. The van der Waals surface area contributed by atoms with Crippen LogP contribution in [-0.4, -0.2) is 30.4 Å². The number of halogens is 1. The highest BCUT2D eigenvalue weighted by Gasteiger charge is 2.30. The predicted octanol–water partition coefficient (Wildman–Crippen LogP) is 3.35. The molecule has 0 aromatic heterocycles. The highest BCUT2D eigenvalue weighted by atomic mass is 79.9. The van der Waals surface area contributed by atoms with Crippen molar-refractivity contribution in [1.29, 1.82) is 0 Å². The summed E-state index contributed by atoms with van der Waals surface area (Å²) in [5.74, 6) is 0.542. The fourth-order valence-electron chi connectivity index (χ4n) is 3.10. The molecule has 0 heterocycles. The zero-order valence-corrected chi connectivity index (χ0v) is 13.8. The number of nitrogens with two attached hydrogens (primary N) is 1. The minimum absolute atomic E-state index is 0.103. The first kappa shape index (κ1) is 15.5. The molecule has 2 atom stereocenters. The van der Waals surface area contributed by atoms with Gasteiger partial charge < -0.3 is 10.6 Å². The Morgan fingerprint density at radius 3 is 2.75 bits per heavy atom. The number of hydrogen-bond acceptors (Lipinski definition) is 2. The Kier molecular flexibility index (Phi) is 5.22. The van der Waals surface area contributed by atoms with Crippen LogP contribution in [0.15, 0.2) is 22.7 Å². The number of nitrogens with zero attached hydrogens (tertiary/aromatic N) is 1. The Balaban J connectivity index is 2.16. The van der Waals surface area contributed by atoms with E-state index in [-0.39, 0.29) is 11.9 Å². The fraction of sp³-hybridized carbons (Fsp3) is 0.562. The van der Waals surface area contributed by atoms with Gasteiger partial charge in [-0.2, -0.15) is 0 Å². The Morgan fingerprint density at radius 2 is 2.10 bits per heavy atom. The molecule has 2 unspecified atom stereocenters. The van der Waals surface area contributed by atoms with Crippen molar-refractivity contribution in [3.63, 3.8) is 0 Å². The Morgan fingerprint density at radius 1 is 1.40 bits per heavy atom. The molecule has 0 spiro atoms. The second-order valence-electron chi connectivity index (χ2n) is 5.73. The average molecular weight is 339 g/mol. The number of rotatable bonds is 3. The molecular weight excluding hydrogens is 316 g/mol. The number of amides is 1. The summed E-state index contributed by atoms with van der Waals surface area (Å²) < 4.78 is 1.04. The lowest BCUT2D eigenvalue weighted by Gasteiger charge is -2.37. The van der Waals surface area contributed by atoms with Crippen molar-refractivity contribution in [3.05, 3.63) is 33.8 Å². The van der Waals surface area contributed by atoms with Gasteiger partial charge in [0.25, 0.3) is 5.91 Å². The van der Waals surface area contributed by atoms with Crippen LogP contribution in [0.2, 0.25) is 0 Å². The first-order valence-corrected chi connectivity index (χ1v) is 8.07. The van der Waals surface area contributed by atoms with E-state index in [2.05, 4.69) is 15.9 Å². The highest BCUT2D eigenvalue weighted by Crippen LogP contribution is 2.28. The molecule has 1 amide bonds. The van der Waals surface area contributed by atoms with Crippen molar-refractivity contribution in [2.75, 3.05) is 13.6 Å². The van der Waals surface area contributed by atoms with E-state index in [1.54, 1.807) is 0 Å². The van der Waals surface area contributed by atoms with Crippen LogP contribution < -0.4 is 5.73 Å². The number of aryl methyl sites for hydroxylation is 1. The van der Waals surface area contributed by atoms with Crippen LogP contribution in [0.5, 0.6) is 0 Å². The number of carbonyl (C=O) groups is 1. The smallest absolute Gasteiger partial charge is 0.253 e. The summed E-state index contributed by atoms with van der Waals surface area (Å²) in [6.45, 7) is 2.67. The summed E-state index contributed by atoms with van der Waals surface area (Å²) in [5, 5.41) is 0. The second kappa shape index (κ2) is 6.72. The van der Waals surface area contributed by atoms with Crippen LogP contribution in [0.4, 0.5) is 0 Å². The SMILES string of the molecule is Cc1cc(C(=O)N(C)C2CCCCC2CN)ccc1Br. The van der Waals surface area contributed by atoms with E-state index in [9.17, 15) is 4.79 Å². The van der Waals surface area contributed by atoms with Gasteiger partial charge in [-0.1, -0.05) is 28.8 Å². The quantitative estimate of drug-likeness (QED) is 0.918. The number of benzene rings is 1. The van der Waals surface area contributed by atoms with Crippen LogP contribution in [0, 0.1) is 12.8 Å². The lowest BCUT2D eigenvalue weighted by Crippen LogP contribution is -2.45. The van der Waals surface area contributed by atoms with Crippen LogP contribution in [0.1, 0.15) is 41.6 Å². The van der Waals surface area contributed by atoms with Crippen LogP contribution in [-0.2, 0) is 0 Å². The summed E-state index contributed by atoms with van der Waals surface area (Å²) in [4.78, 5) is 14.5. The number of hydrogen-bond donors (Lipinski definition) is 1. The molecule has 1 saturated carbocycles. The van der Waals surface area contributed by atoms with Crippen molar-refractivity contribution >= 4 is 21.8 Å². The molecule has 1 aromatic carbocycles. The summed E-state index contributed by atoms with van der Waals surface area (Å²) in [6.07, 6.45) is 4.63. The third kappa shape index (κ3) is 3.23. The molecule has 20 heavy (non-hydrogen) atoms. The average Bonchev–Trinajstić information content (AvgIpc) is 2.48. The van der Waals surface area contributed by atoms with E-state index in [4.69, 9.17) is 5.73 Å². The standard InChI is InChI=1S/C16H23BrN2O/c1-11-9-12(7-8-14(11)17)16(20)19(2)15-6-4-3-5-13(15)10-18/h7-9,13,15H,3-6,10,18H2,1-2H3. The maximum absolute atomic E-state index is 12.6. The molecule has 4 heteroatoms. The molecule has 1 aromatic rings. The Hall–Kier alpha value is -0.870. The van der Waals surface area contributed by atoms with Crippen molar-refractivity contribution in [1.82, 2.24) is 4.90 Å². The maximum Gasteiger partial charge on any atom is 0.253 e. The van der Waals surface area contributed by atoms with Crippen molar-refractivity contribution in [3.8, 4) is 0 Å². The maximum atomic E-state index is 12.6. The topological polar surface area (TPSA) is 46.3 Å². The molecule has 2 rings (SSSR count). The first-order chi connectivity index (χ1) is 9.54. The Labute approximate surface area is 129 Å². The van der Waals surface area contributed by atoms with Gasteiger partial charge in [0.2, 0.25) is 0 Å². The monoisotopic (exact) mass is 338 g/mol. The molecule has 0 bridgehead atoms. The normalized spacial score (nSPS) is 22.6. The van der Waals surface area contributed by atoms with Crippen LogP contribution in [0.3, 0.4) is 0 Å². The molecular formula is C16H23BrN2O. The van der Waals surface area contributed by atoms with Gasteiger partial charge in [-0.05, 0) is 56.0 Å². The molecule has 0 aliphatic heterocycles. The van der Waals surface area contributed by atoms with E-state index >= 15 is 0 Å². The minimum atomic E-state index is 0.103. The molecule has 1 aliphatic rings. The molecule has 1 aliphatic carbocycles. The van der Waals surface area contributed by atoms with Gasteiger partial charge >= 0.3 is 0 Å². The van der Waals surface area contributed by atoms with E-state index in [1.165, 1.54) is 12.8 Å². The second-order valence-corrected chi connectivity index (χ2v) is 6.58. The van der Waals surface area contributed by atoms with E-state index in [0.717, 1.165) is 28.4 Å². The summed E-state index contributed by atoms with van der Waals surface area (Å²) in [5.41, 5.74) is 7.72. The van der Waals surface area contributed by atoms with Crippen molar-refractivity contribution in [2.45, 2.75) is 38.6 Å². The largest absolute Gasteiger partial charge is 0.338 e. The zero-order valence-electron chi connectivity index (χ0n) is 12.2. The van der Waals surface area contributed by atoms with Gasteiger partial charge in [0.1, 0.15) is 0 Å². The van der Waals surface area contributed by atoms with Crippen molar-refractivity contribution in [2.24, 2.45) is 11.7 Å². The van der Waals surface area contributed by atoms with E-state index in [0.29, 0.717) is 12.5 Å². The third-order valence-corrected chi connectivity index (χ3v) is 5.28. The van der Waals surface area contributed by atoms with Gasteiger partial charge in [-0.3, -0.25) is 4.79 Å². The van der Waals surface area contributed by atoms with Gasteiger partial charge in [0, 0.05) is 23.1 Å². The van der Waals surface area contributed by atoms with E-state index < -0.39 is 0 Å². The molecule has 0 saturated heterocycles. The highest BCUT2D eigenvalue weighted by molar-refractivity contribution is 9.10. The van der Waals surface area contributed by atoms with E-state index in [1.807, 2.05) is 37.1 Å². The van der Waals surface area contributed by atoms with Gasteiger partial charge in [0.15, 0.2) is 0 Å². The molecule has 2 N–H and O–H groups in total. The molecule has 1 fully saturated rings. The van der Waals surface area contributed by atoms with Crippen LogP contribution in [0.25, 0.3) is 0 Å². The lowest BCUT2D eigenvalue weighted by molar-refractivity contribution is 0.0620. The lowest BCUT2D eigenvalue weighted by atomic mass is 9.83. The fourth-order valence-corrected chi connectivity index (χ4v) is 3.35. The summed E-state index contributed by atoms with van der Waals surface area (Å²) >= 11 is 3.47. The summed E-state index contributed by atoms with van der Waals surface area (Å²) in [7, 11) is 1.92. The molecule has 3 nitrogen and oxygen atoms in total. The minimum Gasteiger partial charge on any atom is -0.338 e. The van der Waals surface area contributed by atoms with Gasteiger partial charge in [-0.15, -0.1) is 0 Å². The third-order valence-electron chi connectivity index (χ3n) is 4.39. The Bertz CT molecular complexity index is 489. The number of carbonyl (C=O) groups excluding carboxylic acids is 1. The van der Waals surface area contributed by atoms with Gasteiger partial charge in [-0.25, -0.2) is 0 Å². The molecule has 0 radical (unpaired) electrons. The zero-order chi connectivity index (χ0) is 14.7. The predicted molar refractivity (Wildman–Crippen MR) is 85.8 cm³/mol. The summed E-state index contributed by atoms with van der Waals surface area (Å²) in [6, 6.07) is 6.06. The molecule has 110 valence electrons. The van der Waals surface area contributed by atoms with Crippen molar-refractivity contribution < 1.29 is 4.79 Å². The van der Waals surface area contributed by atoms with Gasteiger partial charge in [0.05, 0.1) is 0 Å². The van der Waals surface area contributed by atoms with Crippen LogP contribution >= 0.6 is 15.9 Å².